The minimum absolute atomic E-state index is 0.149. The number of hydrogen-bond acceptors (Lipinski definition) is 9. The zero-order valence-corrected chi connectivity index (χ0v) is 12.4. The van der Waals surface area contributed by atoms with Gasteiger partial charge in [0.2, 0.25) is 11.5 Å². The van der Waals surface area contributed by atoms with E-state index in [4.69, 9.17) is 20.3 Å². The number of nitrogens with zero attached hydrogens (tertiary/aromatic N) is 3. The first-order chi connectivity index (χ1) is 11.5. The van der Waals surface area contributed by atoms with Crippen molar-refractivity contribution in [3.63, 3.8) is 0 Å². The first kappa shape index (κ1) is 16.7. The van der Waals surface area contributed by atoms with Crippen LogP contribution in [-0.2, 0) is 4.79 Å². The van der Waals surface area contributed by atoms with E-state index in [1.54, 1.807) is 12.1 Å². The van der Waals surface area contributed by atoms with Gasteiger partial charge in [-0.25, -0.2) is 14.8 Å². The van der Waals surface area contributed by atoms with Crippen LogP contribution in [0.3, 0.4) is 0 Å². The molecule has 4 N–H and O–H groups in total. The minimum atomic E-state index is -1.10. The van der Waals surface area contributed by atoms with Gasteiger partial charge in [0, 0.05) is 0 Å². The van der Waals surface area contributed by atoms with E-state index < -0.39 is 18.5 Å². The van der Waals surface area contributed by atoms with Crippen molar-refractivity contribution in [3.8, 4) is 11.5 Å². The Morgan fingerprint density at radius 1 is 1.42 bits per heavy atom. The molecule has 1 amide bonds. The standard InChI is InChI=1S/C13H13N5O6/c1-22-9-4-7(2-3-8(9)23-6-10(19)20)5-15-16-13(21)11-12(14)18-24-17-11/h2-5H,6H2,1H3,(H2,14,18)(H,16,21)(H,19,20). The van der Waals surface area contributed by atoms with E-state index in [0.29, 0.717) is 11.3 Å². The fourth-order valence-electron chi connectivity index (χ4n) is 1.59. The van der Waals surface area contributed by atoms with Crippen LogP contribution in [0.2, 0.25) is 0 Å². The predicted molar refractivity (Wildman–Crippen MR) is 79.9 cm³/mol. The molecule has 11 nitrogen and oxygen atoms in total. The van der Waals surface area contributed by atoms with Crippen molar-refractivity contribution in [2.45, 2.75) is 0 Å². The van der Waals surface area contributed by atoms with Gasteiger partial charge in [-0.15, -0.1) is 0 Å². The number of hydrazone groups is 1. The molecule has 0 atom stereocenters. The van der Waals surface area contributed by atoms with Crippen LogP contribution in [0, 0.1) is 0 Å². The highest BCUT2D eigenvalue weighted by atomic mass is 16.6. The van der Waals surface area contributed by atoms with E-state index in [9.17, 15) is 9.59 Å². The van der Waals surface area contributed by atoms with Gasteiger partial charge in [-0.1, -0.05) is 0 Å². The van der Waals surface area contributed by atoms with Gasteiger partial charge in [0.25, 0.3) is 5.91 Å². The van der Waals surface area contributed by atoms with E-state index in [2.05, 4.69) is 25.5 Å². The summed E-state index contributed by atoms with van der Waals surface area (Å²) in [6.07, 6.45) is 1.34. The lowest BCUT2D eigenvalue weighted by atomic mass is 10.2. The number of aliphatic carboxylic acids is 1. The van der Waals surface area contributed by atoms with Gasteiger partial charge in [0.1, 0.15) is 0 Å². The third kappa shape index (κ3) is 4.19. The van der Waals surface area contributed by atoms with Crippen molar-refractivity contribution in [3.05, 3.63) is 29.5 Å². The van der Waals surface area contributed by atoms with Crippen LogP contribution in [0.1, 0.15) is 16.1 Å². The van der Waals surface area contributed by atoms with Crippen molar-refractivity contribution >= 4 is 23.9 Å². The van der Waals surface area contributed by atoms with Crippen molar-refractivity contribution in [2.24, 2.45) is 5.10 Å². The molecule has 126 valence electrons. The van der Waals surface area contributed by atoms with Gasteiger partial charge in [-0.2, -0.15) is 5.10 Å². The highest BCUT2D eigenvalue weighted by Gasteiger charge is 2.15. The molecule has 2 rings (SSSR count). The highest BCUT2D eigenvalue weighted by molar-refractivity contribution is 5.96. The van der Waals surface area contributed by atoms with E-state index in [1.807, 2.05) is 0 Å². The monoisotopic (exact) mass is 335 g/mol. The molecule has 2 aromatic rings. The number of benzene rings is 1. The number of methoxy groups -OCH3 is 1. The minimum Gasteiger partial charge on any atom is -0.493 e. The molecular formula is C13H13N5O6. The third-order valence-corrected chi connectivity index (χ3v) is 2.65. The van der Waals surface area contributed by atoms with Crippen LogP contribution in [-0.4, -0.2) is 47.2 Å². The number of nitrogen functional groups attached to an aromatic ring is 1. The topological polar surface area (TPSA) is 162 Å². The normalized spacial score (nSPS) is 10.5. The average Bonchev–Trinajstić information content (AvgIpc) is 2.99. The summed E-state index contributed by atoms with van der Waals surface area (Å²) in [5.74, 6) is -1.35. The molecule has 0 saturated heterocycles. The number of nitrogens with one attached hydrogen (secondary N) is 1. The first-order valence-electron chi connectivity index (χ1n) is 6.45. The number of amides is 1. The highest BCUT2D eigenvalue weighted by Crippen LogP contribution is 2.27. The summed E-state index contributed by atoms with van der Waals surface area (Å²) in [5, 5.41) is 19.0. The Kier molecular flexibility index (Phi) is 5.28. The molecule has 11 heteroatoms. The number of anilines is 1. The third-order valence-electron chi connectivity index (χ3n) is 2.65. The molecule has 1 aromatic heterocycles. The van der Waals surface area contributed by atoms with Gasteiger partial charge in [0.15, 0.2) is 18.1 Å². The molecule has 0 spiro atoms. The molecule has 0 fully saturated rings. The summed E-state index contributed by atoms with van der Waals surface area (Å²) in [6, 6.07) is 4.67. The summed E-state index contributed by atoms with van der Waals surface area (Å²) < 4.78 is 14.5. The van der Waals surface area contributed by atoms with Crippen LogP contribution in [0.5, 0.6) is 11.5 Å². The summed E-state index contributed by atoms with van der Waals surface area (Å²) >= 11 is 0. The number of carboxylic acid groups (broad SMARTS) is 1. The average molecular weight is 335 g/mol. The lowest BCUT2D eigenvalue weighted by Crippen LogP contribution is -2.19. The second kappa shape index (κ2) is 7.58. The van der Waals surface area contributed by atoms with Gasteiger partial charge in [0.05, 0.1) is 13.3 Å². The summed E-state index contributed by atoms with van der Waals surface area (Å²) in [5.41, 5.74) is 7.97. The number of carbonyl (C=O) groups excluding carboxylic acids is 1. The summed E-state index contributed by atoms with van der Waals surface area (Å²) in [4.78, 5) is 22.2. The van der Waals surface area contributed by atoms with Gasteiger partial charge < -0.3 is 20.3 Å². The van der Waals surface area contributed by atoms with E-state index in [0.717, 1.165) is 0 Å². The Bertz CT molecular complexity index is 772. The molecule has 1 heterocycles. The SMILES string of the molecule is COc1cc(C=NNC(=O)c2nonc2N)ccc1OCC(=O)O. The fourth-order valence-corrected chi connectivity index (χ4v) is 1.59. The van der Waals surface area contributed by atoms with E-state index >= 15 is 0 Å². The second-order valence-electron chi connectivity index (χ2n) is 4.29. The predicted octanol–water partition coefficient (Wildman–Crippen LogP) is -0.112. The lowest BCUT2D eigenvalue weighted by Gasteiger charge is -2.09. The largest absolute Gasteiger partial charge is 0.493 e. The molecule has 0 aliphatic heterocycles. The zero-order chi connectivity index (χ0) is 17.5. The molecule has 0 unspecified atom stereocenters. The van der Waals surface area contributed by atoms with E-state index in [-0.39, 0.29) is 17.3 Å². The van der Waals surface area contributed by atoms with Gasteiger partial charge in [-0.3, -0.25) is 4.79 Å². The Morgan fingerprint density at radius 2 is 2.21 bits per heavy atom. The van der Waals surface area contributed by atoms with Crippen molar-refractivity contribution < 1.29 is 28.8 Å². The molecule has 0 saturated carbocycles. The van der Waals surface area contributed by atoms with Crippen molar-refractivity contribution in [2.75, 3.05) is 19.5 Å². The number of carboxylic acids is 1. The molecule has 24 heavy (non-hydrogen) atoms. The summed E-state index contributed by atoms with van der Waals surface area (Å²) in [6.45, 7) is -0.493. The fraction of sp³-hybridized carbons (Fsp3) is 0.154. The molecule has 0 aliphatic carbocycles. The second-order valence-corrected chi connectivity index (χ2v) is 4.29. The number of carbonyl (C=O) groups is 2. The maximum atomic E-state index is 11.7. The van der Waals surface area contributed by atoms with Crippen molar-refractivity contribution in [1.29, 1.82) is 0 Å². The Morgan fingerprint density at radius 3 is 2.83 bits per heavy atom. The van der Waals surface area contributed by atoms with Gasteiger partial charge in [-0.05, 0) is 34.1 Å². The van der Waals surface area contributed by atoms with E-state index in [1.165, 1.54) is 19.4 Å². The maximum Gasteiger partial charge on any atom is 0.341 e. The molecule has 0 bridgehead atoms. The van der Waals surface area contributed by atoms with Crippen LogP contribution in [0.4, 0.5) is 5.82 Å². The Hall–Kier alpha value is -3.63. The molecular weight excluding hydrogens is 322 g/mol. The number of aromatic nitrogens is 2. The zero-order valence-electron chi connectivity index (χ0n) is 12.4. The quantitative estimate of drug-likeness (QED) is 0.462. The van der Waals surface area contributed by atoms with Crippen molar-refractivity contribution in [1.82, 2.24) is 15.7 Å². The van der Waals surface area contributed by atoms with Crippen LogP contribution >= 0.6 is 0 Å². The lowest BCUT2D eigenvalue weighted by molar-refractivity contribution is -0.139. The number of ether oxygens (including phenoxy) is 2. The number of hydrogen-bond donors (Lipinski definition) is 3. The van der Waals surface area contributed by atoms with Crippen LogP contribution < -0.4 is 20.6 Å². The molecule has 0 aliphatic rings. The number of rotatable bonds is 7. The maximum absolute atomic E-state index is 11.7. The summed E-state index contributed by atoms with van der Waals surface area (Å²) in [7, 11) is 1.41. The van der Waals surface area contributed by atoms with Gasteiger partial charge >= 0.3 is 5.97 Å². The van der Waals surface area contributed by atoms with Crippen LogP contribution in [0.25, 0.3) is 0 Å². The molecule has 1 aromatic carbocycles. The number of nitrogens with two attached hydrogens (primary N) is 1. The van der Waals surface area contributed by atoms with Crippen LogP contribution in [0.15, 0.2) is 27.9 Å². The smallest absolute Gasteiger partial charge is 0.341 e. The Balaban J connectivity index is 2.03. The molecule has 0 radical (unpaired) electrons. The Labute approximate surface area is 135 Å². The first-order valence-corrected chi connectivity index (χ1v) is 6.45.